The summed E-state index contributed by atoms with van der Waals surface area (Å²) in [6.07, 6.45) is -2.57. The number of aliphatic hydroxyl groups is 1. The predicted molar refractivity (Wildman–Crippen MR) is 185 cm³/mol. The molecule has 0 radical (unpaired) electrons. The van der Waals surface area contributed by atoms with Crippen LogP contribution in [-0.2, 0) is 52.5 Å². The van der Waals surface area contributed by atoms with Gasteiger partial charge in [0.25, 0.3) is 0 Å². The number of carboxylic acid groups (broad SMARTS) is 4. The molecule has 0 spiro atoms. The van der Waals surface area contributed by atoms with Gasteiger partial charge in [-0.1, -0.05) is 72.9 Å². The summed E-state index contributed by atoms with van der Waals surface area (Å²) in [6, 6.07) is 0. The molecule has 3 aliphatic heterocycles. The molecule has 0 bridgehead atoms. The second-order valence-corrected chi connectivity index (χ2v) is 7.14. The first-order valence-electron chi connectivity index (χ1n) is 10.6. The first-order valence-corrected chi connectivity index (χ1v) is 10.6. The molecule has 3 aliphatic rings. The number of carboxylic acids is 4. The van der Waals surface area contributed by atoms with Crippen LogP contribution in [0.15, 0.2) is 24.8 Å². The summed E-state index contributed by atoms with van der Waals surface area (Å²) in [6.45, 7) is 9.69. The Hall–Kier alpha value is -2.52. The standard InChI is InChI=1S/C8H14O7.C4H4O5.C4H2O3.C3H6O.C3H6.9CH4.Ca.2H2O/c1-4(14-2)3-15-6(8(12)13)5(9)7(10)11;5-3(6)1-2(9-1)4(7)8;5-3-1-2-4(6)7-3;1-3-2-4-3;1-3-2;;;;;;;;;;;;/h4-6,9H,3H2,1-2H3,(H,10,11)(H,12,13);1-2H,(H,5,6)(H,7,8);1-2H;3H,2H2,1H3;3H,1H2,2H3;9*1H4;;2*1H2/q;;;;;;;;;;;;;;+2;;/p-5. The van der Waals surface area contributed by atoms with Crippen molar-refractivity contribution in [3.63, 3.8) is 0 Å². The fourth-order valence-electron chi connectivity index (χ4n) is 1.60. The number of ether oxygens (including phenoxy) is 5. The third-order valence-electron chi connectivity index (χ3n) is 3.70. The number of hydrogen-bond donors (Lipinski definition) is 2. The zero-order chi connectivity index (χ0) is 30.0. The maximum absolute atomic E-state index is 10.4. The van der Waals surface area contributed by atoms with Crippen LogP contribution < -0.4 is 15.3 Å². The molecule has 0 aromatic carbocycles. The summed E-state index contributed by atoms with van der Waals surface area (Å²) in [5.74, 6) is -7.65. The Kier molecular flexibility index (Phi) is 93.1. The Morgan fingerprint density at radius 1 is 0.920 bits per heavy atom. The zero-order valence-electron chi connectivity index (χ0n) is 22.5. The maximum Gasteiger partial charge on any atom is 2.00 e. The first kappa shape index (κ1) is 91.5. The SMILES string of the molecule is C.C.C.C.C.C.C.C.C.C=CC.CC1CO1.COC(C)COC(C(=O)[O-])C(O)C(=O)[O-].O=C([O-])C1OC1C(=O)O.O=C1C=CC(=O)O1.[Ca+2].[OH-].[OH-]. The number of hydrogen-bond acceptors (Lipinski definition) is 17. The number of esters is 2. The minimum atomic E-state index is -2.26. The van der Waals surface area contributed by atoms with Crippen molar-refractivity contribution in [3.05, 3.63) is 24.8 Å². The molecular formula is C31H67CaO18-3. The van der Waals surface area contributed by atoms with E-state index in [4.69, 9.17) is 19.7 Å². The van der Waals surface area contributed by atoms with Crippen molar-refractivity contribution in [2.24, 2.45) is 0 Å². The Balaban J connectivity index is -0.0000000274. The van der Waals surface area contributed by atoms with Crippen LogP contribution in [-0.4, -0.2) is 152 Å². The topological polar surface area (TPSA) is 325 Å². The first-order chi connectivity index (χ1) is 17.6. The van der Waals surface area contributed by atoms with Crippen molar-refractivity contribution in [2.45, 2.75) is 124 Å². The van der Waals surface area contributed by atoms with Gasteiger partial charge < -0.3 is 74.6 Å². The van der Waals surface area contributed by atoms with Crippen molar-refractivity contribution in [1.82, 2.24) is 0 Å². The minimum Gasteiger partial charge on any atom is -0.870 e. The van der Waals surface area contributed by atoms with Gasteiger partial charge in [0.05, 0.1) is 43.3 Å². The number of carbonyl (C=O) groups excluding carboxylic acids is 5. The average molecular weight is 768 g/mol. The van der Waals surface area contributed by atoms with Crippen LogP contribution in [0.3, 0.4) is 0 Å². The quantitative estimate of drug-likeness (QED) is 0.103. The predicted octanol–water partition coefficient (Wildman–Crippen LogP) is 0.0694. The van der Waals surface area contributed by atoms with Gasteiger partial charge in [-0.05, 0) is 20.8 Å². The number of carbonyl (C=O) groups is 6. The van der Waals surface area contributed by atoms with Crippen LogP contribution in [0.25, 0.3) is 0 Å². The van der Waals surface area contributed by atoms with E-state index in [1.54, 1.807) is 13.0 Å². The van der Waals surface area contributed by atoms with Gasteiger partial charge in [0.2, 0.25) is 0 Å². The summed E-state index contributed by atoms with van der Waals surface area (Å²) >= 11 is 0. The summed E-state index contributed by atoms with van der Waals surface area (Å²) in [5, 5.41) is 47.3. The van der Waals surface area contributed by atoms with E-state index in [1.807, 2.05) is 6.92 Å². The number of methoxy groups -OCH3 is 1. The molecule has 0 saturated carbocycles. The van der Waals surface area contributed by atoms with Gasteiger partial charge in [-0.2, -0.15) is 0 Å². The molecule has 0 aromatic rings. The van der Waals surface area contributed by atoms with Crippen LogP contribution in [0.4, 0.5) is 0 Å². The van der Waals surface area contributed by atoms with E-state index in [-0.39, 0.29) is 122 Å². The van der Waals surface area contributed by atoms with E-state index in [0.29, 0.717) is 6.10 Å². The zero-order valence-corrected chi connectivity index (χ0v) is 24.7. The monoisotopic (exact) mass is 767 g/mol. The summed E-state index contributed by atoms with van der Waals surface area (Å²) in [5.41, 5.74) is 0. The van der Waals surface area contributed by atoms with Gasteiger partial charge in [0.1, 0.15) is 18.3 Å². The van der Waals surface area contributed by atoms with Crippen LogP contribution in [0, 0.1) is 0 Å². The smallest absolute Gasteiger partial charge is 0.870 e. The fraction of sp³-hybridized carbons (Fsp3) is 0.677. The molecule has 2 saturated heterocycles. The van der Waals surface area contributed by atoms with E-state index in [1.165, 1.54) is 7.11 Å². The van der Waals surface area contributed by atoms with Gasteiger partial charge in [-0.3, -0.25) is 0 Å². The van der Waals surface area contributed by atoms with Crippen molar-refractivity contribution in [3.8, 4) is 0 Å². The molecule has 0 amide bonds. The van der Waals surface area contributed by atoms with Crippen LogP contribution in [0.5, 0.6) is 0 Å². The molecule has 6 unspecified atom stereocenters. The molecule has 3 heterocycles. The molecule has 50 heavy (non-hydrogen) atoms. The van der Waals surface area contributed by atoms with Crippen LogP contribution in [0.1, 0.15) is 87.6 Å². The van der Waals surface area contributed by atoms with Crippen molar-refractivity contribution < 1.29 is 88.9 Å². The third-order valence-corrected chi connectivity index (χ3v) is 3.70. The number of aliphatic hydroxyl groups excluding tert-OH is 1. The molecule has 0 aromatic heterocycles. The van der Waals surface area contributed by atoms with E-state index in [9.17, 15) is 44.1 Å². The van der Waals surface area contributed by atoms with E-state index < -0.39 is 66.3 Å². The van der Waals surface area contributed by atoms with Crippen LogP contribution in [0.2, 0.25) is 0 Å². The van der Waals surface area contributed by atoms with Crippen LogP contribution >= 0.6 is 0 Å². The van der Waals surface area contributed by atoms with Crippen molar-refractivity contribution in [1.29, 1.82) is 0 Å². The molecule has 6 atom stereocenters. The fourth-order valence-corrected chi connectivity index (χ4v) is 1.60. The second kappa shape index (κ2) is 50.9. The van der Waals surface area contributed by atoms with Gasteiger partial charge in [-0.25, -0.2) is 14.4 Å². The number of aliphatic carboxylic acids is 4. The Morgan fingerprint density at radius 2 is 1.26 bits per heavy atom. The normalized spacial score (nSPS) is 16.6. The van der Waals surface area contributed by atoms with Gasteiger partial charge in [-0.15, -0.1) is 6.58 Å². The van der Waals surface area contributed by atoms with Crippen molar-refractivity contribution >= 4 is 73.6 Å². The molecule has 304 valence electrons. The Bertz CT molecular complexity index is 829. The molecular weight excluding hydrogens is 700 g/mol. The molecule has 2 fully saturated rings. The van der Waals surface area contributed by atoms with Gasteiger partial charge in [0, 0.05) is 19.3 Å². The molecule has 18 nitrogen and oxygen atoms in total. The molecule has 19 heteroatoms. The van der Waals surface area contributed by atoms with E-state index in [2.05, 4.69) is 27.7 Å². The average Bonchev–Trinajstić information content (AvgIpc) is 3.75. The number of rotatable bonds is 9. The number of epoxide rings is 2. The van der Waals surface area contributed by atoms with E-state index >= 15 is 0 Å². The molecule has 0 aliphatic carbocycles. The van der Waals surface area contributed by atoms with E-state index in [0.717, 1.165) is 18.8 Å². The number of allylic oxidation sites excluding steroid dienone is 1. The summed E-state index contributed by atoms with van der Waals surface area (Å²) < 4.78 is 22.2. The second-order valence-electron chi connectivity index (χ2n) is 7.14. The van der Waals surface area contributed by atoms with Gasteiger partial charge >= 0.3 is 55.6 Å². The Labute approximate surface area is 330 Å². The largest absolute Gasteiger partial charge is 2.00 e. The molecule has 3 rings (SSSR count). The Morgan fingerprint density at radius 3 is 1.40 bits per heavy atom. The maximum atomic E-state index is 10.4. The summed E-state index contributed by atoms with van der Waals surface area (Å²) in [4.78, 5) is 60.1. The van der Waals surface area contributed by atoms with Crippen molar-refractivity contribution in [2.75, 3.05) is 20.3 Å². The molecule has 4 N–H and O–H groups in total. The summed E-state index contributed by atoms with van der Waals surface area (Å²) in [7, 11) is 1.37. The minimum absolute atomic E-state index is 0. The third kappa shape index (κ3) is 49.9. The number of cyclic esters (lactones) is 2. The van der Waals surface area contributed by atoms with Gasteiger partial charge in [0.15, 0.2) is 6.10 Å².